The second kappa shape index (κ2) is 22.4. The minimum atomic E-state index is 0. The molecule has 0 N–H and O–H groups in total. The predicted octanol–water partition coefficient (Wildman–Crippen LogP) is 10.4. The van der Waals surface area contributed by atoms with Gasteiger partial charge in [-0.05, 0) is 18.3 Å². The van der Waals surface area contributed by atoms with E-state index < -0.39 is 0 Å². The van der Waals surface area contributed by atoms with Gasteiger partial charge in [-0.2, -0.15) is 108 Å². The quantitative estimate of drug-likeness (QED) is 0.168. The first-order chi connectivity index (χ1) is 18.6. The van der Waals surface area contributed by atoms with E-state index >= 15 is 0 Å². The number of rotatable bonds is 2. The van der Waals surface area contributed by atoms with Crippen molar-refractivity contribution in [2.75, 3.05) is 0 Å². The van der Waals surface area contributed by atoms with Crippen LogP contribution in [0.25, 0.3) is 11.1 Å². The number of benzene rings is 4. The van der Waals surface area contributed by atoms with Crippen LogP contribution < -0.4 is 0 Å². The van der Waals surface area contributed by atoms with Gasteiger partial charge in [0.15, 0.2) is 0 Å². The molecule has 2 aliphatic rings. The molecule has 0 aromatic heterocycles. The third-order valence-corrected chi connectivity index (χ3v) is 6.02. The molecule has 0 unspecified atom stereocenters. The fourth-order valence-corrected chi connectivity index (χ4v) is 3.91. The van der Waals surface area contributed by atoms with Crippen LogP contribution in [0.3, 0.4) is 0 Å². The fourth-order valence-electron chi connectivity index (χ4n) is 3.91. The molecule has 0 heterocycles. The van der Waals surface area contributed by atoms with Crippen molar-refractivity contribution in [3.8, 4) is 11.1 Å². The summed E-state index contributed by atoms with van der Waals surface area (Å²) in [6.07, 6.45) is 11.0. The molecule has 0 aliphatic heterocycles. The zero-order valence-corrected chi connectivity index (χ0v) is 28.1. The van der Waals surface area contributed by atoms with Gasteiger partial charge in [-0.1, -0.05) is 63.1 Å². The molecule has 4 aromatic rings. The second-order valence-electron chi connectivity index (χ2n) is 9.38. The summed E-state index contributed by atoms with van der Waals surface area (Å²) in [6.45, 7) is 8.76. The van der Waals surface area contributed by atoms with Gasteiger partial charge >= 0.3 is 28.4 Å². The van der Waals surface area contributed by atoms with Crippen molar-refractivity contribution in [3.63, 3.8) is 0 Å². The van der Waals surface area contributed by atoms with E-state index in [4.69, 9.17) is 0 Å². The van der Waals surface area contributed by atoms with Crippen molar-refractivity contribution in [1.29, 1.82) is 0 Å². The summed E-state index contributed by atoms with van der Waals surface area (Å²) in [4.78, 5) is 0. The predicted molar refractivity (Wildman–Crippen MR) is 175 cm³/mol. The number of allylic oxidation sites excluding steroid dienone is 4. The van der Waals surface area contributed by atoms with Crippen molar-refractivity contribution in [2.45, 2.75) is 52.4 Å². The molecule has 0 spiro atoms. The third-order valence-electron chi connectivity index (χ3n) is 6.02. The summed E-state index contributed by atoms with van der Waals surface area (Å²) in [6, 6.07) is 40.3. The first-order valence-electron chi connectivity index (χ1n) is 13.1. The molecular formula is C37H40Cl2Zr-4. The van der Waals surface area contributed by atoms with E-state index in [2.05, 4.69) is 123 Å². The third kappa shape index (κ3) is 13.4. The van der Waals surface area contributed by atoms with Gasteiger partial charge in [0.2, 0.25) is 0 Å². The number of halogens is 2. The number of fused-ring (bicyclic) bond motifs is 3. The van der Waals surface area contributed by atoms with Crippen LogP contribution in [0.2, 0.25) is 0 Å². The summed E-state index contributed by atoms with van der Waals surface area (Å²) in [5, 5.41) is 0. The summed E-state index contributed by atoms with van der Waals surface area (Å²) >= 11 is 1.30. The summed E-state index contributed by atoms with van der Waals surface area (Å²) in [7, 11) is 0. The Balaban J connectivity index is 0.000000509. The monoisotopic (exact) mass is 644 g/mol. The molecule has 0 amide bonds. The van der Waals surface area contributed by atoms with Crippen LogP contribution in [-0.2, 0) is 30.7 Å². The molecule has 3 heteroatoms. The SMILES string of the molecule is CC(C)c1cc[c-]cc1.CC(C)c1cc[c-]cc1.Cl.Cl.[C-]1=CC=CC1.[CH2]=[Zr].[c-]1cccc2c1Cc1ccccc1-2. The Hall–Kier alpha value is -2.31. The molecule has 210 valence electrons. The van der Waals surface area contributed by atoms with E-state index in [0.29, 0.717) is 11.8 Å². The molecule has 0 radical (unpaired) electrons. The smallest absolute Gasteiger partial charge is 0.0253 e. The van der Waals surface area contributed by atoms with Crippen LogP contribution in [0.15, 0.2) is 109 Å². The van der Waals surface area contributed by atoms with Crippen LogP contribution in [-0.4, -0.2) is 4.21 Å². The Kier molecular flexibility index (Phi) is 21.1. The molecule has 0 saturated carbocycles. The standard InChI is InChI=1S/C13H9.2C9H11.C5H5.CH2.2ClH.Zr/c1-3-7-12-10(5-1)9-11-6-2-4-8-13(11)12;2*1-8(2)9-6-4-3-5-7-9;1-2-4-5-3-1;;;;/h1-5,7-8H,9H2;2*4-8H,1-2H3;1-3H,4H2;1H2;2*1H;/q4*-1;;;;. The summed E-state index contributed by atoms with van der Waals surface area (Å²) in [5.41, 5.74) is 8.28. The Labute approximate surface area is 270 Å². The molecule has 0 bridgehead atoms. The molecule has 0 nitrogen and oxygen atoms in total. The molecular weight excluding hydrogens is 607 g/mol. The van der Waals surface area contributed by atoms with Crippen LogP contribution in [0.5, 0.6) is 0 Å². The zero-order chi connectivity index (χ0) is 27.6. The maximum atomic E-state index is 3.34. The second-order valence-corrected chi connectivity index (χ2v) is 9.38. The van der Waals surface area contributed by atoms with Gasteiger partial charge in [0.25, 0.3) is 0 Å². The van der Waals surface area contributed by atoms with E-state index in [1.54, 1.807) is 0 Å². The van der Waals surface area contributed by atoms with Crippen LogP contribution in [0.1, 0.15) is 68.2 Å². The van der Waals surface area contributed by atoms with Crippen molar-refractivity contribution in [2.24, 2.45) is 0 Å². The van der Waals surface area contributed by atoms with Crippen molar-refractivity contribution in [1.82, 2.24) is 0 Å². The first-order valence-corrected chi connectivity index (χ1v) is 14.9. The average molecular weight is 647 g/mol. The summed E-state index contributed by atoms with van der Waals surface area (Å²) in [5.74, 6) is 1.28. The largest absolute Gasteiger partial charge is 0.179 e. The fraction of sp³-hybridized carbons (Fsp3) is 0.216. The van der Waals surface area contributed by atoms with Gasteiger partial charge < -0.3 is 0 Å². The van der Waals surface area contributed by atoms with Gasteiger partial charge in [0.05, 0.1) is 0 Å². The maximum Gasteiger partial charge on any atom is -0.0253 e. The Morgan fingerprint density at radius 2 is 1.20 bits per heavy atom. The Morgan fingerprint density at radius 1 is 0.675 bits per heavy atom. The molecule has 2 aliphatic carbocycles. The van der Waals surface area contributed by atoms with Gasteiger partial charge in [-0.25, -0.2) is 12.2 Å². The molecule has 4 aromatic carbocycles. The zero-order valence-electron chi connectivity index (χ0n) is 24.0. The van der Waals surface area contributed by atoms with Crippen molar-refractivity contribution < 1.29 is 24.2 Å². The van der Waals surface area contributed by atoms with E-state index in [1.165, 1.54) is 57.6 Å². The summed E-state index contributed by atoms with van der Waals surface area (Å²) < 4.78 is 3.34. The normalized spacial score (nSPS) is 10.8. The molecule has 0 fully saturated rings. The van der Waals surface area contributed by atoms with Crippen LogP contribution in [0.4, 0.5) is 0 Å². The Bertz CT molecular complexity index is 1150. The van der Waals surface area contributed by atoms with Gasteiger partial charge in [0.1, 0.15) is 0 Å². The van der Waals surface area contributed by atoms with Gasteiger partial charge in [-0.3, -0.25) is 6.08 Å². The van der Waals surface area contributed by atoms with Crippen molar-refractivity contribution in [3.05, 3.63) is 156 Å². The minimum absolute atomic E-state index is 0. The van der Waals surface area contributed by atoms with E-state index in [-0.39, 0.29) is 24.8 Å². The molecule has 0 atom stereocenters. The molecule has 6 rings (SSSR count). The van der Waals surface area contributed by atoms with E-state index in [9.17, 15) is 0 Å². The number of hydrogen-bond donors (Lipinski definition) is 0. The average Bonchev–Trinajstić information content (AvgIpc) is 3.68. The molecule has 0 saturated heterocycles. The van der Waals surface area contributed by atoms with Crippen molar-refractivity contribution >= 4 is 29.0 Å². The minimum Gasteiger partial charge on any atom is -0.179 e. The van der Waals surface area contributed by atoms with Crippen LogP contribution >= 0.6 is 24.8 Å². The van der Waals surface area contributed by atoms with Crippen LogP contribution in [0, 0.1) is 24.3 Å². The van der Waals surface area contributed by atoms with Gasteiger partial charge in [-0.15, -0.1) is 36.8 Å². The maximum absolute atomic E-state index is 3.34. The van der Waals surface area contributed by atoms with E-state index in [1.807, 2.05) is 42.5 Å². The van der Waals surface area contributed by atoms with E-state index in [0.717, 1.165) is 12.8 Å². The molecule has 40 heavy (non-hydrogen) atoms. The topological polar surface area (TPSA) is 0 Å². The number of hydrogen-bond acceptors (Lipinski definition) is 0. The Morgan fingerprint density at radius 3 is 1.62 bits per heavy atom. The first kappa shape index (κ1) is 37.7. The van der Waals surface area contributed by atoms with Gasteiger partial charge in [0, 0.05) is 0 Å².